The Hall–Kier alpha value is -0.570. The minimum absolute atomic E-state index is 0.496. The quantitative estimate of drug-likeness (QED) is 0.353. The van der Waals surface area contributed by atoms with Gasteiger partial charge in [0.2, 0.25) is 0 Å². The van der Waals surface area contributed by atoms with Crippen LogP contribution in [0.25, 0.3) is 0 Å². The fraction of sp³-hybridized carbons (Fsp3) is 0.857. The highest BCUT2D eigenvalue weighted by atomic mass is 15.5. The number of hydrazine groups is 1. The molecule has 0 radical (unpaired) electrons. The van der Waals surface area contributed by atoms with E-state index in [0.29, 0.717) is 5.92 Å². The Morgan fingerprint density at radius 2 is 2.20 bits per heavy atom. The van der Waals surface area contributed by atoms with E-state index in [1.807, 2.05) is 0 Å². The van der Waals surface area contributed by atoms with E-state index >= 15 is 0 Å². The first-order valence-corrected chi connectivity index (χ1v) is 3.74. The summed E-state index contributed by atoms with van der Waals surface area (Å²) < 4.78 is 0. The third kappa shape index (κ3) is 3.45. The standard InChI is InChI=1S/C7H17N3/c1-4-5-7(6(2)3)9-10-8/h6,10H,4-5,8H2,1-3H3/b9-7+. The molecular weight excluding hydrogens is 126 g/mol. The first kappa shape index (κ1) is 9.43. The molecule has 0 aliphatic carbocycles. The zero-order chi connectivity index (χ0) is 7.98. The Labute approximate surface area is 62.7 Å². The molecule has 0 spiro atoms. The molecule has 0 aromatic heterocycles. The summed E-state index contributed by atoms with van der Waals surface area (Å²) in [5.74, 6) is 5.56. The molecule has 0 rings (SSSR count). The number of hydrazone groups is 1. The van der Waals surface area contributed by atoms with Gasteiger partial charge in [-0.2, -0.15) is 5.10 Å². The van der Waals surface area contributed by atoms with Crippen molar-refractivity contribution in [2.75, 3.05) is 0 Å². The Morgan fingerprint density at radius 1 is 1.60 bits per heavy atom. The van der Waals surface area contributed by atoms with E-state index in [1.165, 1.54) is 0 Å². The monoisotopic (exact) mass is 143 g/mol. The van der Waals surface area contributed by atoms with E-state index in [9.17, 15) is 0 Å². The Bertz CT molecular complexity index is 107. The van der Waals surface area contributed by atoms with Crippen molar-refractivity contribution in [1.29, 1.82) is 0 Å². The molecule has 10 heavy (non-hydrogen) atoms. The van der Waals surface area contributed by atoms with Crippen LogP contribution in [0.5, 0.6) is 0 Å². The largest absolute Gasteiger partial charge is 0.246 e. The molecule has 0 saturated heterocycles. The van der Waals surface area contributed by atoms with Gasteiger partial charge >= 0.3 is 0 Å². The topological polar surface area (TPSA) is 50.4 Å². The molecule has 0 aliphatic rings. The maximum atomic E-state index is 5.06. The van der Waals surface area contributed by atoms with E-state index < -0.39 is 0 Å². The minimum Gasteiger partial charge on any atom is -0.246 e. The predicted octanol–water partition coefficient (Wildman–Crippen LogP) is 1.26. The molecule has 0 amide bonds. The van der Waals surface area contributed by atoms with Crippen molar-refractivity contribution in [2.45, 2.75) is 33.6 Å². The van der Waals surface area contributed by atoms with Crippen molar-refractivity contribution in [1.82, 2.24) is 5.53 Å². The van der Waals surface area contributed by atoms with Gasteiger partial charge in [0.15, 0.2) is 0 Å². The second kappa shape index (κ2) is 5.23. The maximum Gasteiger partial charge on any atom is 0.0419 e. The molecule has 60 valence electrons. The lowest BCUT2D eigenvalue weighted by molar-refractivity contribution is 0.748. The van der Waals surface area contributed by atoms with Crippen LogP contribution in [-0.4, -0.2) is 5.71 Å². The number of hydrogen-bond donors (Lipinski definition) is 2. The third-order valence-electron chi connectivity index (χ3n) is 1.38. The second-order valence-corrected chi connectivity index (χ2v) is 2.64. The molecule has 3 heteroatoms. The number of hydrogen-bond acceptors (Lipinski definition) is 3. The van der Waals surface area contributed by atoms with Crippen molar-refractivity contribution in [2.24, 2.45) is 16.9 Å². The van der Waals surface area contributed by atoms with Gasteiger partial charge in [0, 0.05) is 5.71 Å². The van der Waals surface area contributed by atoms with Crippen LogP contribution in [0.15, 0.2) is 5.10 Å². The number of nitrogens with two attached hydrogens (primary N) is 1. The van der Waals surface area contributed by atoms with E-state index in [4.69, 9.17) is 5.84 Å². The fourth-order valence-electron chi connectivity index (χ4n) is 0.813. The summed E-state index contributed by atoms with van der Waals surface area (Å²) in [5, 5.41) is 3.96. The first-order chi connectivity index (χ1) is 4.72. The highest BCUT2D eigenvalue weighted by Crippen LogP contribution is 2.02. The summed E-state index contributed by atoms with van der Waals surface area (Å²) in [6.45, 7) is 6.37. The molecule has 0 aliphatic heterocycles. The third-order valence-corrected chi connectivity index (χ3v) is 1.38. The summed E-state index contributed by atoms with van der Waals surface area (Å²) >= 11 is 0. The van der Waals surface area contributed by atoms with Gasteiger partial charge in [-0.15, -0.1) is 0 Å². The average molecular weight is 143 g/mol. The minimum atomic E-state index is 0.496. The molecule has 0 aromatic carbocycles. The Kier molecular flexibility index (Phi) is 4.94. The maximum absolute atomic E-state index is 5.06. The Balaban J connectivity index is 3.85. The highest BCUT2D eigenvalue weighted by molar-refractivity contribution is 5.85. The summed E-state index contributed by atoms with van der Waals surface area (Å²) in [5.41, 5.74) is 3.47. The molecule has 3 N–H and O–H groups in total. The zero-order valence-corrected chi connectivity index (χ0v) is 7.02. The SMILES string of the molecule is CCC/C(=N\NN)C(C)C. The average Bonchev–Trinajstić information content (AvgIpc) is 1.87. The van der Waals surface area contributed by atoms with E-state index in [1.54, 1.807) is 0 Å². The number of nitrogens with one attached hydrogen (secondary N) is 1. The number of rotatable bonds is 4. The van der Waals surface area contributed by atoms with E-state index in [2.05, 4.69) is 31.4 Å². The summed E-state index contributed by atoms with van der Waals surface area (Å²) in [6, 6.07) is 0. The predicted molar refractivity (Wildman–Crippen MR) is 44.5 cm³/mol. The molecule has 0 aromatic rings. The van der Waals surface area contributed by atoms with Crippen LogP contribution in [0.1, 0.15) is 33.6 Å². The first-order valence-electron chi connectivity index (χ1n) is 3.74. The van der Waals surface area contributed by atoms with Crippen molar-refractivity contribution in [3.8, 4) is 0 Å². The molecule has 3 nitrogen and oxygen atoms in total. The van der Waals surface area contributed by atoms with Gasteiger partial charge in [-0.1, -0.05) is 27.2 Å². The lowest BCUT2D eigenvalue weighted by Crippen LogP contribution is -2.19. The zero-order valence-electron chi connectivity index (χ0n) is 7.02. The molecule has 0 heterocycles. The van der Waals surface area contributed by atoms with Gasteiger partial charge in [-0.05, 0) is 12.3 Å². The molecule has 0 unspecified atom stereocenters. The van der Waals surface area contributed by atoms with Crippen molar-refractivity contribution < 1.29 is 0 Å². The highest BCUT2D eigenvalue weighted by Gasteiger charge is 2.02. The van der Waals surface area contributed by atoms with Gasteiger partial charge < -0.3 is 0 Å². The van der Waals surface area contributed by atoms with Crippen molar-refractivity contribution >= 4 is 5.71 Å². The van der Waals surface area contributed by atoms with Crippen LogP contribution in [-0.2, 0) is 0 Å². The molecule has 0 fully saturated rings. The van der Waals surface area contributed by atoms with E-state index in [0.717, 1.165) is 18.6 Å². The van der Waals surface area contributed by atoms with Gasteiger partial charge in [0.05, 0.1) is 0 Å². The molecular formula is C7H17N3. The lowest BCUT2D eigenvalue weighted by atomic mass is 10.0. The second-order valence-electron chi connectivity index (χ2n) is 2.64. The van der Waals surface area contributed by atoms with Crippen LogP contribution >= 0.6 is 0 Å². The number of nitrogens with zero attached hydrogens (tertiary/aromatic N) is 1. The van der Waals surface area contributed by atoms with Gasteiger partial charge in [0.25, 0.3) is 0 Å². The van der Waals surface area contributed by atoms with Crippen molar-refractivity contribution in [3.63, 3.8) is 0 Å². The van der Waals surface area contributed by atoms with Crippen LogP contribution in [0, 0.1) is 5.92 Å². The van der Waals surface area contributed by atoms with Crippen LogP contribution in [0.3, 0.4) is 0 Å². The van der Waals surface area contributed by atoms with Crippen LogP contribution < -0.4 is 11.4 Å². The van der Waals surface area contributed by atoms with Gasteiger partial charge in [0.1, 0.15) is 0 Å². The normalized spacial score (nSPS) is 12.3. The van der Waals surface area contributed by atoms with Crippen LogP contribution in [0.4, 0.5) is 0 Å². The van der Waals surface area contributed by atoms with Gasteiger partial charge in [-0.25, -0.2) is 11.4 Å². The van der Waals surface area contributed by atoms with Crippen LogP contribution in [0.2, 0.25) is 0 Å². The lowest BCUT2D eigenvalue weighted by Gasteiger charge is -2.07. The Morgan fingerprint density at radius 3 is 2.50 bits per heavy atom. The summed E-state index contributed by atoms with van der Waals surface area (Å²) in [6.07, 6.45) is 2.15. The van der Waals surface area contributed by atoms with E-state index in [-0.39, 0.29) is 0 Å². The summed E-state index contributed by atoms with van der Waals surface area (Å²) in [4.78, 5) is 0. The molecule has 0 atom stereocenters. The summed E-state index contributed by atoms with van der Waals surface area (Å²) in [7, 11) is 0. The fourth-order valence-corrected chi connectivity index (χ4v) is 0.813. The smallest absolute Gasteiger partial charge is 0.0419 e. The molecule has 0 bridgehead atoms. The van der Waals surface area contributed by atoms with Gasteiger partial charge in [-0.3, -0.25) is 0 Å². The van der Waals surface area contributed by atoms with Crippen molar-refractivity contribution in [3.05, 3.63) is 0 Å². The molecule has 0 saturated carbocycles.